The minimum absolute atomic E-state index is 0.148. The average molecular weight is 215 g/mol. The van der Waals surface area contributed by atoms with E-state index in [0.29, 0.717) is 5.56 Å². The topological polar surface area (TPSA) is 50.2 Å². The Morgan fingerprint density at radius 2 is 2.31 bits per heavy atom. The number of carboxylic acid groups (broad SMARTS) is 1. The highest BCUT2D eigenvalue weighted by molar-refractivity contribution is 7.99. The number of carbonyl (C=O) groups is 1. The van der Waals surface area contributed by atoms with Gasteiger partial charge in [-0.3, -0.25) is 9.78 Å². The maximum absolute atomic E-state index is 10.5. The first-order valence-corrected chi connectivity index (χ1v) is 4.49. The zero-order valence-corrected chi connectivity index (χ0v) is 8.50. The number of hydrogen-bond acceptors (Lipinski definition) is 4. The van der Waals surface area contributed by atoms with Gasteiger partial charge in [-0.05, 0) is 11.6 Å². The van der Waals surface area contributed by atoms with Gasteiger partial charge in [0.25, 0.3) is 0 Å². The first kappa shape index (κ1) is 10.4. The largest absolute Gasteiger partial charge is 0.481 e. The van der Waals surface area contributed by atoms with Crippen molar-refractivity contribution in [1.82, 2.24) is 4.98 Å². The van der Waals surface area contributed by atoms with Gasteiger partial charge in [-0.1, -0.05) is 6.07 Å². The van der Waals surface area contributed by atoms with Crippen LogP contribution in [0.1, 0.15) is 12.0 Å². The third-order valence-electron chi connectivity index (χ3n) is 1.52. The lowest BCUT2D eigenvalue weighted by Crippen LogP contribution is -2.16. The van der Waals surface area contributed by atoms with E-state index in [1.165, 1.54) is 0 Å². The van der Waals surface area contributed by atoms with Crippen LogP contribution in [0.3, 0.4) is 0 Å². The van der Waals surface area contributed by atoms with Gasteiger partial charge in [0.2, 0.25) is 0 Å². The summed E-state index contributed by atoms with van der Waals surface area (Å²) in [6.45, 7) is 0. The number of carboxylic acids is 1. The second-order valence-corrected chi connectivity index (χ2v) is 4.51. The fourth-order valence-corrected chi connectivity index (χ4v) is 1.45. The third kappa shape index (κ3) is 2.93. The molecule has 0 unspecified atom stereocenters. The lowest BCUT2D eigenvalue weighted by molar-refractivity contribution is -0.137. The second-order valence-electron chi connectivity index (χ2n) is 2.63. The molecule has 3 nitrogen and oxygen atoms in total. The summed E-state index contributed by atoms with van der Waals surface area (Å²) in [6, 6.07) is 3.47. The summed E-state index contributed by atoms with van der Waals surface area (Å²) < 4.78 is -0.958. The Morgan fingerprint density at radius 1 is 1.62 bits per heavy atom. The summed E-state index contributed by atoms with van der Waals surface area (Å²) in [5.74, 6) is -0.936. The van der Waals surface area contributed by atoms with Crippen molar-refractivity contribution in [2.45, 2.75) is 10.5 Å². The molecule has 1 aromatic rings. The summed E-state index contributed by atoms with van der Waals surface area (Å²) in [6.07, 6.45) is 3.02. The van der Waals surface area contributed by atoms with Crippen LogP contribution >= 0.6 is 25.3 Å². The van der Waals surface area contributed by atoms with Crippen LogP contribution in [0.2, 0.25) is 0 Å². The zero-order chi connectivity index (χ0) is 9.90. The highest BCUT2D eigenvalue weighted by Gasteiger charge is 2.26. The van der Waals surface area contributed by atoms with Gasteiger partial charge in [0, 0.05) is 12.4 Å². The average Bonchev–Trinajstić information content (AvgIpc) is 2.04. The molecule has 5 heteroatoms. The molecule has 0 saturated heterocycles. The lowest BCUT2D eigenvalue weighted by Gasteiger charge is -2.19. The first-order chi connectivity index (χ1) is 6.02. The van der Waals surface area contributed by atoms with Gasteiger partial charge >= 0.3 is 5.97 Å². The van der Waals surface area contributed by atoms with E-state index in [1.807, 2.05) is 0 Å². The Kier molecular flexibility index (Phi) is 3.22. The number of rotatable bonds is 3. The van der Waals surface area contributed by atoms with E-state index in [9.17, 15) is 4.79 Å². The summed E-state index contributed by atoms with van der Waals surface area (Å²) in [5.41, 5.74) is 0.684. The minimum atomic E-state index is -0.958. The van der Waals surface area contributed by atoms with Crippen molar-refractivity contribution in [3.8, 4) is 0 Å². The molecule has 1 aromatic heterocycles. The first-order valence-electron chi connectivity index (χ1n) is 3.59. The summed E-state index contributed by atoms with van der Waals surface area (Å²) in [7, 11) is 0. The number of aliphatic carboxylic acids is 1. The molecule has 0 saturated carbocycles. The van der Waals surface area contributed by atoms with Crippen LogP contribution in [0, 0.1) is 0 Å². The number of aromatic nitrogens is 1. The molecule has 70 valence electrons. The molecule has 0 aliphatic heterocycles. The normalized spacial score (nSPS) is 11.2. The van der Waals surface area contributed by atoms with Crippen molar-refractivity contribution in [2.75, 3.05) is 0 Å². The van der Waals surface area contributed by atoms with Gasteiger partial charge < -0.3 is 5.11 Å². The monoisotopic (exact) mass is 215 g/mol. The van der Waals surface area contributed by atoms with Gasteiger partial charge in [0.05, 0.1) is 10.5 Å². The zero-order valence-electron chi connectivity index (χ0n) is 6.71. The van der Waals surface area contributed by atoms with Crippen molar-refractivity contribution >= 4 is 31.2 Å². The van der Waals surface area contributed by atoms with Crippen LogP contribution in [-0.4, -0.2) is 16.1 Å². The van der Waals surface area contributed by atoms with E-state index < -0.39 is 10.0 Å². The summed E-state index contributed by atoms with van der Waals surface area (Å²) in [4.78, 5) is 14.3. The summed E-state index contributed by atoms with van der Waals surface area (Å²) >= 11 is 8.32. The van der Waals surface area contributed by atoms with E-state index in [1.54, 1.807) is 24.5 Å². The van der Waals surface area contributed by atoms with Crippen molar-refractivity contribution in [2.24, 2.45) is 0 Å². The van der Waals surface area contributed by atoms with Gasteiger partial charge in [-0.15, -0.1) is 0 Å². The van der Waals surface area contributed by atoms with Crippen LogP contribution in [0.15, 0.2) is 24.5 Å². The minimum Gasteiger partial charge on any atom is -0.481 e. The standard InChI is InChI=1S/C8H9NO2S2/c10-7(11)4-8(12,13)6-2-1-3-9-5-6/h1-3,5,12-13H,4H2,(H,10,11). The number of nitrogens with zero attached hydrogens (tertiary/aromatic N) is 1. The van der Waals surface area contributed by atoms with E-state index >= 15 is 0 Å². The maximum Gasteiger partial charge on any atom is 0.305 e. The predicted octanol–water partition coefficient (Wildman–Crippen LogP) is 1.57. The molecular weight excluding hydrogens is 206 g/mol. The molecule has 13 heavy (non-hydrogen) atoms. The smallest absolute Gasteiger partial charge is 0.305 e. The molecular formula is C8H9NO2S2. The molecule has 0 aromatic carbocycles. The van der Waals surface area contributed by atoms with E-state index in [4.69, 9.17) is 5.11 Å². The molecule has 0 radical (unpaired) electrons. The highest BCUT2D eigenvalue weighted by atomic mass is 32.2. The van der Waals surface area contributed by atoms with Gasteiger partial charge in [-0.25, -0.2) is 0 Å². The molecule has 0 fully saturated rings. The third-order valence-corrected chi connectivity index (χ3v) is 2.35. The molecule has 0 aliphatic rings. The molecule has 1 N–H and O–H groups in total. The van der Waals surface area contributed by atoms with Gasteiger partial charge in [-0.2, -0.15) is 25.3 Å². The quantitative estimate of drug-likeness (QED) is 0.530. The Morgan fingerprint density at radius 3 is 2.77 bits per heavy atom. The van der Waals surface area contributed by atoms with Crippen molar-refractivity contribution in [3.63, 3.8) is 0 Å². The van der Waals surface area contributed by atoms with Crippen LogP contribution < -0.4 is 0 Å². The fourth-order valence-electron chi connectivity index (χ4n) is 0.913. The Bertz CT molecular complexity index is 300. The van der Waals surface area contributed by atoms with Crippen LogP contribution in [-0.2, 0) is 8.87 Å². The molecule has 0 bridgehead atoms. The SMILES string of the molecule is O=C(O)CC(S)(S)c1cccnc1. The van der Waals surface area contributed by atoms with Crippen LogP contribution in [0.4, 0.5) is 0 Å². The molecule has 1 heterocycles. The molecule has 0 aliphatic carbocycles. The van der Waals surface area contributed by atoms with Crippen molar-refractivity contribution < 1.29 is 9.90 Å². The second kappa shape index (κ2) is 4.02. The lowest BCUT2D eigenvalue weighted by atomic mass is 10.1. The van der Waals surface area contributed by atoms with Crippen molar-refractivity contribution in [3.05, 3.63) is 30.1 Å². The van der Waals surface area contributed by atoms with E-state index in [0.717, 1.165) is 0 Å². The molecule has 0 spiro atoms. The highest BCUT2D eigenvalue weighted by Crippen LogP contribution is 2.35. The van der Waals surface area contributed by atoms with E-state index in [-0.39, 0.29) is 6.42 Å². The van der Waals surface area contributed by atoms with Crippen molar-refractivity contribution in [1.29, 1.82) is 0 Å². The summed E-state index contributed by atoms with van der Waals surface area (Å²) in [5, 5.41) is 8.59. The Hall–Kier alpha value is -0.680. The predicted molar refractivity (Wildman–Crippen MR) is 56.1 cm³/mol. The number of hydrogen-bond donors (Lipinski definition) is 3. The Labute approximate surface area is 87.0 Å². The maximum atomic E-state index is 10.5. The molecule has 0 atom stereocenters. The molecule has 1 rings (SSSR count). The van der Waals surface area contributed by atoms with Crippen LogP contribution in [0.25, 0.3) is 0 Å². The Balaban J connectivity index is 2.87. The van der Waals surface area contributed by atoms with Gasteiger partial charge in [0.1, 0.15) is 0 Å². The number of pyridine rings is 1. The fraction of sp³-hybridized carbons (Fsp3) is 0.250. The number of thiol groups is 2. The van der Waals surface area contributed by atoms with Crippen LogP contribution in [0.5, 0.6) is 0 Å². The van der Waals surface area contributed by atoms with Gasteiger partial charge in [0.15, 0.2) is 0 Å². The molecule has 0 amide bonds. The van der Waals surface area contributed by atoms with E-state index in [2.05, 4.69) is 30.2 Å².